The van der Waals surface area contributed by atoms with Crippen LogP contribution in [-0.4, -0.2) is 32.4 Å². The number of phenolic OH excluding ortho intramolecular Hbond substituents is 1. The highest BCUT2D eigenvalue weighted by Gasteiger charge is 2.18. The minimum atomic E-state index is -0.159. The number of rotatable bonds is 8. The average molecular weight is 516 g/mol. The molecule has 12 heteroatoms. The van der Waals surface area contributed by atoms with E-state index in [0.29, 0.717) is 56.8 Å². The van der Waals surface area contributed by atoms with E-state index in [1.165, 1.54) is 0 Å². The number of nitrogens with one attached hydrogen (secondary N) is 2. The Morgan fingerprint density at radius 3 is 2.46 bits per heavy atom. The van der Waals surface area contributed by atoms with Crippen LogP contribution in [0.5, 0.6) is 5.75 Å². The summed E-state index contributed by atoms with van der Waals surface area (Å²) in [5.74, 6) is 1.08. The van der Waals surface area contributed by atoms with Gasteiger partial charge in [-0.1, -0.05) is 47.5 Å². The fraction of sp³-hybridized carbons (Fsp3) is 0.0800. The molecule has 0 amide bonds. The van der Waals surface area contributed by atoms with Gasteiger partial charge in [-0.15, -0.1) is 9.45 Å². The smallest absolute Gasteiger partial charge is 0.232 e. The topological polar surface area (TPSA) is 146 Å². The van der Waals surface area contributed by atoms with Crippen LogP contribution in [0.4, 0.5) is 29.0 Å². The molecule has 1 heterocycles. The normalized spacial score (nSPS) is 11.4. The Morgan fingerprint density at radius 1 is 0.865 bits per heavy atom. The van der Waals surface area contributed by atoms with Crippen LogP contribution in [0.3, 0.4) is 0 Å². The number of aryl methyl sites for hydroxylation is 1. The van der Waals surface area contributed by atoms with Crippen LogP contribution in [-0.2, 0) is 9.37 Å². The van der Waals surface area contributed by atoms with Crippen LogP contribution in [0.15, 0.2) is 81.9 Å². The minimum Gasteiger partial charge on any atom is -0.505 e. The van der Waals surface area contributed by atoms with E-state index in [1.54, 1.807) is 26.1 Å². The lowest BCUT2D eigenvalue weighted by Crippen LogP contribution is -2.05. The van der Waals surface area contributed by atoms with Crippen LogP contribution >= 0.6 is 12.0 Å². The Labute approximate surface area is 215 Å². The van der Waals surface area contributed by atoms with Gasteiger partial charge in [0, 0.05) is 12.4 Å². The van der Waals surface area contributed by atoms with Crippen molar-refractivity contribution >= 4 is 62.5 Å². The third kappa shape index (κ3) is 5.27. The van der Waals surface area contributed by atoms with Gasteiger partial charge in [0.1, 0.15) is 11.5 Å². The molecular formula is C25H21N7O4S. The zero-order chi connectivity index (χ0) is 25.8. The zero-order valence-corrected chi connectivity index (χ0v) is 20.5. The molecule has 0 aliphatic rings. The third-order valence-electron chi connectivity index (χ3n) is 5.45. The van der Waals surface area contributed by atoms with Gasteiger partial charge in [-0.05, 0) is 47.3 Å². The third-order valence-corrected chi connectivity index (χ3v) is 6.07. The lowest BCUT2D eigenvalue weighted by atomic mass is 10.1. The molecule has 5 rings (SSSR count). The van der Waals surface area contributed by atoms with Crippen molar-refractivity contribution in [1.82, 2.24) is 15.0 Å². The van der Waals surface area contributed by atoms with E-state index < -0.39 is 0 Å². The summed E-state index contributed by atoms with van der Waals surface area (Å²) in [6.45, 7) is 1.76. The molecule has 37 heavy (non-hydrogen) atoms. The second-order valence-corrected chi connectivity index (χ2v) is 8.58. The highest BCUT2D eigenvalue weighted by molar-refractivity contribution is 7.94. The van der Waals surface area contributed by atoms with Crippen LogP contribution < -0.4 is 10.6 Å². The molecule has 0 unspecified atom stereocenters. The predicted octanol–water partition coefficient (Wildman–Crippen LogP) is 6.82. The van der Waals surface area contributed by atoms with Crippen molar-refractivity contribution in [3.8, 4) is 5.75 Å². The first-order chi connectivity index (χ1) is 18.1. The quantitative estimate of drug-likeness (QED) is 0.0751. The largest absolute Gasteiger partial charge is 0.505 e. The van der Waals surface area contributed by atoms with Crippen molar-refractivity contribution < 1.29 is 19.7 Å². The molecule has 0 atom stereocenters. The number of benzene rings is 4. The number of azo groups is 1. The lowest BCUT2D eigenvalue weighted by molar-refractivity contribution is -0.432. The van der Waals surface area contributed by atoms with E-state index in [0.717, 1.165) is 10.8 Å². The summed E-state index contributed by atoms with van der Waals surface area (Å²) in [5.41, 5.74) is 1.26. The van der Waals surface area contributed by atoms with Gasteiger partial charge < -0.3 is 15.7 Å². The van der Waals surface area contributed by atoms with Crippen molar-refractivity contribution in [3.63, 3.8) is 0 Å². The molecule has 4 aromatic carbocycles. The fourth-order valence-electron chi connectivity index (χ4n) is 3.83. The summed E-state index contributed by atoms with van der Waals surface area (Å²) in [7, 11) is 1.71. The molecule has 1 aromatic heterocycles. The number of hydrogen-bond donors (Lipinski definition) is 4. The lowest BCUT2D eigenvalue weighted by Gasteiger charge is -2.14. The molecule has 0 spiro atoms. The van der Waals surface area contributed by atoms with Gasteiger partial charge in [0.2, 0.25) is 11.9 Å². The number of nitrogens with zero attached hydrogens (tertiary/aromatic N) is 5. The highest BCUT2D eigenvalue weighted by Crippen LogP contribution is 2.46. The number of fused-ring (bicyclic) bond motifs is 2. The highest BCUT2D eigenvalue weighted by atomic mass is 32.2. The Bertz CT molecular complexity index is 1630. The molecule has 186 valence electrons. The van der Waals surface area contributed by atoms with Gasteiger partial charge in [-0.2, -0.15) is 20.1 Å². The second-order valence-electron chi connectivity index (χ2n) is 7.84. The summed E-state index contributed by atoms with van der Waals surface area (Å²) in [5, 5.41) is 41.7. The van der Waals surface area contributed by atoms with Gasteiger partial charge in [-0.25, -0.2) is 5.26 Å². The Morgan fingerprint density at radius 2 is 1.65 bits per heavy atom. The Hall–Kier alpha value is -4.36. The summed E-state index contributed by atoms with van der Waals surface area (Å²) in [4.78, 5) is 13.2. The molecule has 0 bridgehead atoms. The van der Waals surface area contributed by atoms with Gasteiger partial charge in [-0.3, -0.25) is 0 Å². The maximum atomic E-state index is 11.4. The first-order valence-corrected chi connectivity index (χ1v) is 11.8. The van der Waals surface area contributed by atoms with Crippen molar-refractivity contribution in [3.05, 3.63) is 72.6 Å². The number of anilines is 3. The van der Waals surface area contributed by atoms with Crippen LogP contribution in [0.25, 0.3) is 21.5 Å². The van der Waals surface area contributed by atoms with Crippen molar-refractivity contribution in [2.75, 3.05) is 17.7 Å². The van der Waals surface area contributed by atoms with Crippen LogP contribution in [0, 0.1) is 6.92 Å². The van der Waals surface area contributed by atoms with Crippen molar-refractivity contribution in [1.29, 1.82) is 0 Å². The van der Waals surface area contributed by atoms with Crippen LogP contribution in [0.1, 0.15) is 5.82 Å². The van der Waals surface area contributed by atoms with Gasteiger partial charge in [0.25, 0.3) is 0 Å². The molecule has 0 aliphatic carbocycles. The monoisotopic (exact) mass is 515 g/mol. The van der Waals surface area contributed by atoms with Gasteiger partial charge >= 0.3 is 0 Å². The molecule has 11 nitrogen and oxygen atoms in total. The molecule has 0 saturated carbocycles. The number of hydrogen-bond acceptors (Lipinski definition) is 12. The fourth-order valence-corrected chi connectivity index (χ4v) is 4.33. The average Bonchev–Trinajstić information content (AvgIpc) is 2.91. The molecule has 0 radical (unpaired) electrons. The molecule has 4 N–H and O–H groups in total. The van der Waals surface area contributed by atoms with E-state index >= 15 is 0 Å². The second kappa shape index (κ2) is 10.7. The summed E-state index contributed by atoms with van der Waals surface area (Å²) in [6, 6.07) is 20.7. The minimum absolute atomic E-state index is 0.125. The standard InChI is InChI=1S/C25H21N7O4S/c1-14-27-24(26-2)30-25(28-14)29-19-9-5-8-17-13-20(37-36-35-34)22(23(33)21(17)19)32-31-18-11-10-15-6-3-4-7-16(15)12-18/h3-13,33-34H,1-2H3,(H2,26,27,28,29,30). The van der Waals surface area contributed by atoms with Gasteiger partial charge in [0.05, 0.1) is 28.3 Å². The number of aromatic hydroxyl groups is 1. The number of aromatic nitrogens is 3. The van der Waals surface area contributed by atoms with Crippen LogP contribution in [0.2, 0.25) is 0 Å². The molecule has 0 fully saturated rings. The summed E-state index contributed by atoms with van der Waals surface area (Å²) in [6.07, 6.45) is 0. The van der Waals surface area contributed by atoms with E-state index in [4.69, 9.17) is 5.26 Å². The Balaban J connectivity index is 1.60. The molecule has 0 aliphatic heterocycles. The zero-order valence-electron chi connectivity index (χ0n) is 19.7. The van der Waals surface area contributed by atoms with Gasteiger partial charge in [0.15, 0.2) is 5.75 Å². The molecule has 5 aromatic rings. The molecular weight excluding hydrogens is 494 g/mol. The Kier molecular flexibility index (Phi) is 7.05. The van der Waals surface area contributed by atoms with E-state index in [-0.39, 0.29) is 11.4 Å². The number of phenols is 1. The molecule has 0 saturated heterocycles. The predicted molar refractivity (Wildman–Crippen MR) is 142 cm³/mol. The summed E-state index contributed by atoms with van der Waals surface area (Å²) < 4.78 is 4.65. The van der Waals surface area contributed by atoms with Crippen molar-refractivity contribution in [2.45, 2.75) is 11.8 Å². The first kappa shape index (κ1) is 24.3. The van der Waals surface area contributed by atoms with Crippen molar-refractivity contribution in [2.24, 2.45) is 10.2 Å². The first-order valence-electron chi connectivity index (χ1n) is 11.1. The summed E-state index contributed by atoms with van der Waals surface area (Å²) >= 11 is 0.683. The van der Waals surface area contributed by atoms with E-state index in [2.05, 4.69) is 45.2 Å². The van der Waals surface area contributed by atoms with E-state index in [1.807, 2.05) is 54.6 Å². The van der Waals surface area contributed by atoms with E-state index in [9.17, 15) is 5.11 Å². The maximum Gasteiger partial charge on any atom is 0.232 e. The SMILES string of the molecule is CNc1nc(C)nc(Nc2cccc3cc(SOOO)c(N=Nc4ccc5ccccc5c4)c(O)c23)n1. The maximum absolute atomic E-state index is 11.4.